The maximum atomic E-state index is 12.4. The van der Waals surface area contributed by atoms with Gasteiger partial charge in [0, 0.05) is 55.6 Å². The summed E-state index contributed by atoms with van der Waals surface area (Å²) in [5.74, 6) is 1.38. The minimum absolute atomic E-state index is 0.165. The Morgan fingerprint density at radius 1 is 1.21 bits per heavy atom. The van der Waals surface area contributed by atoms with Crippen molar-refractivity contribution in [1.29, 1.82) is 0 Å². The second-order valence-electron chi connectivity index (χ2n) is 8.47. The van der Waals surface area contributed by atoms with E-state index in [0.717, 1.165) is 42.9 Å². The Morgan fingerprint density at radius 2 is 2.00 bits per heavy atom. The molecule has 4 rings (SSSR count). The summed E-state index contributed by atoms with van der Waals surface area (Å²) in [6.07, 6.45) is 9.56. The molecule has 5 heteroatoms. The van der Waals surface area contributed by atoms with Gasteiger partial charge in [0.2, 0.25) is 0 Å². The van der Waals surface area contributed by atoms with E-state index in [-0.39, 0.29) is 11.5 Å². The van der Waals surface area contributed by atoms with Gasteiger partial charge in [-0.05, 0) is 49.2 Å². The lowest BCUT2D eigenvalue weighted by Crippen LogP contribution is -2.51. The van der Waals surface area contributed by atoms with E-state index in [1.165, 1.54) is 0 Å². The quantitative estimate of drug-likeness (QED) is 0.826. The number of aromatic nitrogens is 1. The molecule has 0 bridgehead atoms. The zero-order chi connectivity index (χ0) is 20.4. The first-order chi connectivity index (χ1) is 14.0. The molecule has 2 aliphatic rings. The normalized spacial score (nSPS) is 18.9. The third-order valence-corrected chi connectivity index (χ3v) is 6.26. The van der Waals surface area contributed by atoms with Crippen LogP contribution >= 0.6 is 0 Å². The zero-order valence-corrected chi connectivity index (χ0v) is 17.4. The van der Waals surface area contributed by atoms with Gasteiger partial charge >= 0.3 is 0 Å². The standard InChI is InChI=1S/C24H29N3O2/c1-17(2)18(3)27-13-10-24(11-14-27)9-8-19-15-21(6-7-22(19)29-24)26-23(28)20-5-4-12-25-16-20/h4-9,12,15-18H,10-11,13-14H2,1-3H3,(H,26,28). The van der Waals surface area contributed by atoms with E-state index < -0.39 is 0 Å². The third-order valence-electron chi connectivity index (χ3n) is 6.26. The van der Waals surface area contributed by atoms with E-state index in [2.05, 4.69) is 48.1 Å². The first-order valence-electron chi connectivity index (χ1n) is 10.4. The predicted octanol–water partition coefficient (Wildman–Crippen LogP) is 4.62. The Kier molecular flexibility index (Phi) is 5.41. The number of hydrogen-bond acceptors (Lipinski definition) is 4. The molecule has 1 fully saturated rings. The van der Waals surface area contributed by atoms with Gasteiger partial charge in [-0.15, -0.1) is 0 Å². The van der Waals surface area contributed by atoms with Crippen LogP contribution in [0.25, 0.3) is 6.08 Å². The van der Waals surface area contributed by atoms with Crippen molar-refractivity contribution in [2.24, 2.45) is 5.92 Å². The Bertz CT molecular complexity index is 900. The second kappa shape index (κ2) is 7.99. The number of benzene rings is 1. The summed E-state index contributed by atoms with van der Waals surface area (Å²) in [6, 6.07) is 9.92. The van der Waals surface area contributed by atoms with E-state index in [9.17, 15) is 4.79 Å². The van der Waals surface area contributed by atoms with Gasteiger partial charge < -0.3 is 15.0 Å². The number of nitrogens with zero attached hydrogens (tertiary/aromatic N) is 2. The molecule has 1 aromatic carbocycles. The van der Waals surface area contributed by atoms with E-state index >= 15 is 0 Å². The Morgan fingerprint density at radius 3 is 2.69 bits per heavy atom. The highest BCUT2D eigenvalue weighted by atomic mass is 16.5. The van der Waals surface area contributed by atoms with E-state index in [0.29, 0.717) is 17.5 Å². The summed E-state index contributed by atoms with van der Waals surface area (Å²) in [5.41, 5.74) is 2.08. The van der Waals surface area contributed by atoms with Crippen molar-refractivity contribution in [3.05, 3.63) is 59.9 Å². The first kappa shape index (κ1) is 19.6. The highest BCUT2D eigenvalue weighted by molar-refractivity contribution is 6.04. The number of hydrogen-bond donors (Lipinski definition) is 1. The van der Waals surface area contributed by atoms with Crippen LogP contribution in [0.15, 0.2) is 48.8 Å². The molecule has 5 nitrogen and oxygen atoms in total. The molecular formula is C24H29N3O2. The number of likely N-dealkylation sites (tertiary alicyclic amines) is 1. The average Bonchev–Trinajstić information content (AvgIpc) is 2.74. The van der Waals surface area contributed by atoms with Crippen molar-refractivity contribution in [2.75, 3.05) is 18.4 Å². The molecule has 152 valence electrons. The first-order valence-corrected chi connectivity index (χ1v) is 10.4. The van der Waals surface area contributed by atoms with Gasteiger partial charge in [-0.2, -0.15) is 0 Å². The minimum Gasteiger partial charge on any atom is -0.482 e. The highest BCUT2D eigenvalue weighted by Gasteiger charge is 2.38. The number of piperidine rings is 1. The number of rotatable bonds is 4. The van der Waals surface area contributed by atoms with Crippen LogP contribution in [0.4, 0.5) is 5.69 Å². The number of anilines is 1. The van der Waals surface area contributed by atoms with Crippen LogP contribution < -0.4 is 10.1 Å². The van der Waals surface area contributed by atoms with Crippen LogP contribution in [0.1, 0.15) is 49.5 Å². The summed E-state index contributed by atoms with van der Waals surface area (Å²) in [7, 11) is 0. The van der Waals surface area contributed by atoms with Crippen LogP contribution in [0.3, 0.4) is 0 Å². The fraction of sp³-hybridized carbons (Fsp3) is 0.417. The monoisotopic (exact) mass is 391 g/mol. The van der Waals surface area contributed by atoms with E-state index in [1.807, 2.05) is 18.2 Å². The summed E-state index contributed by atoms with van der Waals surface area (Å²) < 4.78 is 6.46. The molecule has 0 radical (unpaired) electrons. The fourth-order valence-electron chi connectivity index (χ4n) is 4.04. The van der Waals surface area contributed by atoms with Crippen molar-refractivity contribution in [3.63, 3.8) is 0 Å². The number of amides is 1. The molecular weight excluding hydrogens is 362 g/mol. The topological polar surface area (TPSA) is 54.5 Å². The number of pyridine rings is 1. The molecule has 2 aromatic rings. The summed E-state index contributed by atoms with van der Waals surface area (Å²) in [6.45, 7) is 8.99. The van der Waals surface area contributed by atoms with Crippen molar-refractivity contribution in [1.82, 2.24) is 9.88 Å². The van der Waals surface area contributed by atoms with Gasteiger partial charge in [0.25, 0.3) is 5.91 Å². The maximum Gasteiger partial charge on any atom is 0.257 e. The van der Waals surface area contributed by atoms with Gasteiger partial charge in [0.05, 0.1) is 5.56 Å². The van der Waals surface area contributed by atoms with Gasteiger partial charge in [0.15, 0.2) is 0 Å². The number of nitrogens with one attached hydrogen (secondary N) is 1. The summed E-state index contributed by atoms with van der Waals surface area (Å²) >= 11 is 0. The lowest BCUT2D eigenvalue weighted by molar-refractivity contribution is 0.0182. The molecule has 0 aliphatic carbocycles. The Hall–Kier alpha value is -2.66. The van der Waals surface area contributed by atoms with Gasteiger partial charge in [0.1, 0.15) is 11.4 Å². The number of carbonyl (C=O) groups excluding carboxylic acids is 1. The maximum absolute atomic E-state index is 12.4. The van der Waals surface area contributed by atoms with Gasteiger partial charge in [-0.25, -0.2) is 0 Å². The van der Waals surface area contributed by atoms with Crippen molar-refractivity contribution >= 4 is 17.7 Å². The number of fused-ring (bicyclic) bond motifs is 1. The molecule has 29 heavy (non-hydrogen) atoms. The van der Waals surface area contributed by atoms with Crippen LogP contribution in [-0.2, 0) is 0 Å². The molecule has 1 spiro atoms. The van der Waals surface area contributed by atoms with Crippen LogP contribution in [0.2, 0.25) is 0 Å². The average molecular weight is 392 g/mol. The zero-order valence-electron chi connectivity index (χ0n) is 17.4. The van der Waals surface area contributed by atoms with Gasteiger partial charge in [-0.3, -0.25) is 9.78 Å². The summed E-state index contributed by atoms with van der Waals surface area (Å²) in [5, 5.41) is 2.93. The lowest BCUT2D eigenvalue weighted by atomic mass is 9.86. The SMILES string of the molecule is CC(C)C(C)N1CCC2(C=Cc3cc(NC(=O)c4cccnc4)ccc3O2)CC1. The van der Waals surface area contributed by atoms with E-state index in [4.69, 9.17) is 4.74 Å². The highest BCUT2D eigenvalue weighted by Crippen LogP contribution is 2.38. The van der Waals surface area contributed by atoms with Crippen molar-refractivity contribution in [3.8, 4) is 5.75 Å². The van der Waals surface area contributed by atoms with Crippen LogP contribution in [0.5, 0.6) is 5.75 Å². The Balaban J connectivity index is 1.43. The van der Waals surface area contributed by atoms with Crippen LogP contribution in [0, 0.1) is 5.92 Å². The molecule has 0 saturated carbocycles. The predicted molar refractivity (Wildman–Crippen MR) is 116 cm³/mol. The second-order valence-corrected chi connectivity index (χ2v) is 8.47. The molecule has 1 amide bonds. The molecule has 1 N–H and O–H groups in total. The third kappa shape index (κ3) is 4.20. The fourth-order valence-corrected chi connectivity index (χ4v) is 4.04. The molecule has 1 unspecified atom stereocenters. The Labute approximate surface area is 172 Å². The number of carbonyl (C=O) groups is 1. The molecule has 3 heterocycles. The van der Waals surface area contributed by atoms with E-state index in [1.54, 1.807) is 24.5 Å². The van der Waals surface area contributed by atoms with Crippen molar-refractivity contribution in [2.45, 2.75) is 45.3 Å². The molecule has 1 saturated heterocycles. The van der Waals surface area contributed by atoms with Crippen molar-refractivity contribution < 1.29 is 9.53 Å². The molecule has 1 aromatic heterocycles. The molecule has 2 aliphatic heterocycles. The number of ether oxygens (including phenoxy) is 1. The largest absolute Gasteiger partial charge is 0.482 e. The molecule has 1 atom stereocenters. The minimum atomic E-state index is -0.208. The van der Waals surface area contributed by atoms with Crippen LogP contribution in [-0.4, -0.2) is 40.5 Å². The smallest absolute Gasteiger partial charge is 0.257 e. The lowest BCUT2D eigenvalue weighted by Gasteiger charge is -2.44. The summed E-state index contributed by atoms with van der Waals surface area (Å²) in [4.78, 5) is 18.9. The van der Waals surface area contributed by atoms with Gasteiger partial charge in [-0.1, -0.05) is 19.9 Å².